The van der Waals surface area contributed by atoms with E-state index in [1.807, 2.05) is 38.4 Å². The van der Waals surface area contributed by atoms with Gasteiger partial charge >= 0.3 is 0 Å². The van der Waals surface area contributed by atoms with Crippen LogP contribution in [0.1, 0.15) is 36.0 Å². The molecule has 7 nitrogen and oxygen atoms in total. The number of aromatic nitrogens is 5. The smallest absolute Gasteiger partial charge is 0.233 e. The first-order valence-corrected chi connectivity index (χ1v) is 10.9. The number of ether oxygens (including phenoxy) is 1. The topological polar surface area (TPSA) is 76.9 Å². The molecule has 0 aromatic carbocycles. The van der Waals surface area contributed by atoms with Crippen LogP contribution in [0.5, 0.6) is 5.88 Å². The van der Waals surface area contributed by atoms with Gasteiger partial charge in [0.1, 0.15) is 5.69 Å². The third kappa shape index (κ3) is 4.70. The molecule has 4 rings (SSSR count). The number of anilines is 1. The average Bonchev–Trinajstić information content (AvgIpc) is 3.11. The van der Waals surface area contributed by atoms with Crippen molar-refractivity contribution in [3.63, 3.8) is 0 Å². The van der Waals surface area contributed by atoms with Crippen LogP contribution in [0.4, 0.5) is 5.95 Å². The fourth-order valence-electron chi connectivity index (χ4n) is 3.48. The summed E-state index contributed by atoms with van der Waals surface area (Å²) in [5.41, 5.74) is 3.02. The first-order chi connectivity index (χ1) is 14.1. The van der Waals surface area contributed by atoms with Gasteiger partial charge in [-0.05, 0) is 50.7 Å². The van der Waals surface area contributed by atoms with E-state index >= 15 is 0 Å². The van der Waals surface area contributed by atoms with Gasteiger partial charge in [-0.15, -0.1) is 21.5 Å². The van der Waals surface area contributed by atoms with Gasteiger partial charge < -0.3 is 9.64 Å². The van der Waals surface area contributed by atoms with Gasteiger partial charge in [0, 0.05) is 31.5 Å². The lowest BCUT2D eigenvalue weighted by Crippen LogP contribution is -2.36. The van der Waals surface area contributed by atoms with E-state index in [0.29, 0.717) is 18.4 Å². The van der Waals surface area contributed by atoms with E-state index in [-0.39, 0.29) is 0 Å². The lowest BCUT2D eigenvalue weighted by atomic mass is 9.98. The van der Waals surface area contributed by atoms with Crippen molar-refractivity contribution in [2.45, 2.75) is 40.0 Å². The van der Waals surface area contributed by atoms with E-state index in [0.717, 1.165) is 59.6 Å². The van der Waals surface area contributed by atoms with E-state index in [2.05, 4.69) is 37.0 Å². The SMILES string of the molecule is CCc1cnc(N2CCC(COc3ccc(-c4sc(C)nc4C)nn3)CC2)nc1. The molecule has 0 aliphatic carbocycles. The summed E-state index contributed by atoms with van der Waals surface area (Å²) in [4.78, 5) is 16.8. The molecular formula is C21H26N6OS. The molecule has 0 saturated carbocycles. The van der Waals surface area contributed by atoms with E-state index in [1.54, 1.807) is 11.3 Å². The van der Waals surface area contributed by atoms with Crippen LogP contribution in [-0.4, -0.2) is 44.8 Å². The zero-order chi connectivity index (χ0) is 20.2. The molecule has 0 atom stereocenters. The molecule has 0 N–H and O–H groups in total. The third-order valence-electron chi connectivity index (χ3n) is 5.24. The molecule has 0 amide bonds. The van der Waals surface area contributed by atoms with Gasteiger partial charge in [-0.25, -0.2) is 15.0 Å². The van der Waals surface area contributed by atoms with Crippen LogP contribution < -0.4 is 9.64 Å². The Balaban J connectivity index is 1.27. The number of hydrogen-bond acceptors (Lipinski definition) is 8. The molecule has 1 aliphatic heterocycles. The molecule has 1 aliphatic rings. The number of piperidine rings is 1. The van der Waals surface area contributed by atoms with Crippen LogP contribution in [-0.2, 0) is 6.42 Å². The minimum Gasteiger partial charge on any atom is -0.476 e. The van der Waals surface area contributed by atoms with Crippen molar-refractivity contribution in [2.24, 2.45) is 5.92 Å². The Hall–Kier alpha value is -2.61. The molecule has 1 fully saturated rings. The van der Waals surface area contributed by atoms with Crippen molar-refractivity contribution < 1.29 is 4.74 Å². The zero-order valence-corrected chi connectivity index (χ0v) is 17.9. The van der Waals surface area contributed by atoms with E-state index in [1.165, 1.54) is 5.56 Å². The maximum atomic E-state index is 5.91. The second-order valence-corrected chi connectivity index (χ2v) is 8.59. The Morgan fingerprint density at radius 2 is 1.86 bits per heavy atom. The Bertz CT molecular complexity index is 933. The Morgan fingerprint density at radius 1 is 1.10 bits per heavy atom. The van der Waals surface area contributed by atoms with Crippen molar-refractivity contribution >= 4 is 17.3 Å². The molecule has 0 unspecified atom stereocenters. The minimum absolute atomic E-state index is 0.508. The van der Waals surface area contributed by atoms with Crippen molar-refractivity contribution in [3.05, 3.63) is 40.8 Å². The second-order valence-electron chi connectivity index (χ2n) is 7.39. The van der Waals surface area contributed by atoms with Gasteiger partial charge in [-0.1, -0.05) is 6.92 Å². The summed E-state index contributed by atoms with van der Waals surface area (Å²) >= 11 is 1.64. The fourth-order valence-corrected chi connectivity index (χ4v) is 4.37. The summed E-state index contributed by atoms with van der Waals surface area (Å²) in [6.45, 7) is 8.69. The summed E-state index contributed by atoms with van der Waals surface area (Å²) in [7, 11) is 0. The van der Waals surface area contributed by atoms with E-state index < -0.39 is 0 Å². The van der Waals surface area contributed by atoms with Crippen molar-refractivity contribution in [2.75, 3.05) is 24.6 Å². The quantitative estimate of drug-likeness (QED) is 0.610. The molecule has 0 bridgehead atoms. The summed E-state index contributed by atoms with van der Waals surface area (Å²) in [6, 6.07) is 3.86. The standard InChI is InChI=1S/C21H26N6OS/c1-4-16-11-22-21(23-12-16)27-9-7-17(8-10-27)13-28-19-6-5-18(25-26-19)20-14(2)24-15(3)29-20/h5-6,11-12,17H,4,7-10,13H2,1-3H3. The molecule has 1 saturated heterocycles. The van der Waals surface area contributed by atoms with Crippen LogP contribution in [0.15, 0.2) is 24.5 Å². The molecule has 4 heterocycles. The molecule has 8 heteroatoms. The highest BCUT2D eigenvalue weighted by Gasteiger charge is 2.21. The number of thiazole rings is 1. The van der Waals surface area contributed by atoms with Crippen molar-refractivity contribution in [1.29, 1.82) is 0 Å². The van der Waals surface area contributed by atoms with E-state index in [9.17, 15) is 0 Å². The first kappa shape index (κ1) is 19.7. The molecule has 3 aromatic heterocycles. The zero-order valence-electron chi connectivity index (χ0n) is 17.1. The summed E-state index contributed by atoms with van der Waals surface area (Å²) < 4.78 is 5.91. The number of nitrogens with zero attached hydrogens (tertiary/aromatic N) is 6. The largest absolute Gasteiger partial charge is 0.476 e. The highest BCUT2D eigenvalue weighted by atomic mass is 32.1. The Morgan fingerprint density at radius 3 is 2.45 bits per heavy atom. The van der Waals surface area contributed by atoms with Gasteiger partial charge in [0.2, 0.25) is 11.8 Å². The molecule has 0 spiro atoms. The average molecular weight is 411 g/mol. The number of rotatable bonds is 6. The first-order valence-electron chi connectivity index (χ1n) is 10.1. The van der Waals surface area contributed by atoms with Gasteiger partial charge in [-0.2, -0.15) is 0 Å². The summed E-state index contributed by atoms with van der Waals surface area (Å²) in [5.74, 6) is 1.92. The van der Waals surface area contributed by atoms with Gasteiger partial charge in [0.25, 0.3) is 0 Å². The van der Waals surface area contributed by atoms with Crippen LogP contribution in [0.3, 0.4) is 0 Å². The van der Waals surface area contributed by atoms with E-state index in [4.69, 9.17) is 4.74 Å². The summed E-state index contributed by atoms with van der Waals surface area (Å²) in [6.07, 6.45) is 6.93. The molecule has 0 radical (unpaired) electrons. The highest BCUT2D eigenvalue weighted by molar-refractivity contribution is 7.15. The summed E-state index contributed by atoms with van der Waals surface area (Å²) in [5, 5.41) is 9.61. The third-order valence-corrected chi connectivity index (χ3v) is 6.34. The number of aryl methyl sites for hydroxylation is 3. The predicted octanol–water partition coefficient (Wildman–Crippen LogP) is 3.86. The second kappa shape index (κ2) is 8.82. The lowest BCUT2D eigenvalue weighted by Gasteiger charge is -2.31. The van der Waals surface area contributed by atoms with Crippen LogP contribution >= 0.6 is 11.3 Å². The van der Waals surface area contributed by atoms with Crippen LogP contribution in [0, 0.1) is 19.8 Å². The predicted molar refractivity (Wildman–Crippen MR) is 114 cm³/mol. The van der Waals surface area contributed by atoms with Crippen molar-refractivity contribution in [3.8, 4) is 16.5 Å². The van der Waals surface area contributed by atoms with Gasteiger partial charge in [0.15, 0.2) is 0 Å². The van der Waals surface area contributed by atoms with Gasteiger partial charge in [0.05, 0.1) is 22.2 Å². The normalized spacial score (nSPS) is 14.9. The van der Waals surface area contributed by atoms with Gasteiger partial charge in [-0.3, -0.25) is 0 Å². The Labute approximate surface area is 175 Å². The maximum Gasteiger partial charge on any atom is 0.233 e. The Kier molecular flexibility index (Phi) is 5.99. The maximum absolute atomic E-state index is 5.91. The molecule has 29 heavy (non-hydrogen) atoms. The number of hydrogen-bond donors (Lipinski definition) is 0. The molecule has 3 aromatic rings. The molecule has 152 valence electrons. The van der Waals surface area contributed by atoms with Crippen LogP contribution in [0.25, 0.3) is 10.6 Å². The van der Waals surface area contributed by atoms with Crippen molar-refractivity contribution in [1.82, 2.24) is 25.1 Å². The fraction of sp³-hybridized carbons (Fsp3) is 0.476. The minimum atomic E-state index is 0.508. The monoisotopic (exact) mass is 410 g/mol. The lowest BCUT2D eigenvalue weighted by molar-refractivity contribution is 0.214. The molecular weight excluding hydrogens is 384 g/mol. The highest BCUT2D eigenvalue weighted by Crippen LogP contribution is 2.28. The van der Waals surface area contributed by atoms with Crippen LogP contribution in [0.2, 0.25) is 0 Å².